The van der Waals surface area contributed by atoms with E-state index in [0.717, 1.165) is 23.2 Å². The Labute approximate surface area is 141 Å². The van der Waals surface area contributed by atoms with E-state index in [4.69, 9.17) is 0 Å². The van der Waals surface area contributed by atoms with Gasteiger partial charge in [-0.3, -0.25) is 9.89 Å². The van der Waals surface area contributed by atoms with Gasteiger partial charge in [0, 0.05) is 37.2 Å². The topological polar surface area (TPSA) is 57.8 Å². The van der Waals surface area contributed by atoms with Gasteiger partial charge in [-0.2, -0.15) is 5.10 Å². The van der Waals surface area contributed by atoms with E-state index >= 15 is 0 Å². The molecule has 0 bridgehead atoms. The van der Waals surface area contributed by atoms with Gasteiger partial charge in [-0.15, -0.1) is 0 Å². The van der Waals surface area contributed by atoms with E-state index in [-0.39, 0.29) is 11.8 Å². The SMILES string of the molecule is O=C(CC(c1ccccc1)c1ccccc1)NCCc1ccn[nH]1. The van der Waals surface area contributed by atoms with Crippen molar-refractivity contribution < 1.29 is 4.79 Å². The fourth-order valence-electron chi connectivity index (χ4n) is 2.82. The minimum atomic E-state index is 0.0622. The molecule has 0 atom stereocenters. The van der Waals surface area contributed by atoms with Crippen molar-refractivity contribution >= 4 is 5.91 Å². The highest BCUT2D eigenvalue weighted by Crippen LogP contribution is 2.27. The number of benzene rings is 2. The van der Waals surface area contributed by atoms with Crippen molar-refractivity contribution in [3.63, 3.8) is 0 Å². The number of hydrogen-bond donors (Lipinski definition) is 2. The molecule has 0 fully saturated rings. The number of amides is 1. The average molecular weight is 319 g/mol. The minimum absolute atomic E-state index is 0.0622. The number of carbonyl (C=O) groups excluding carboxylic acids is 1. The summed E-state index contributed by atoms with van der Waals surface area (Å²) in [6.45, 7) is 0.608. The predicted octanol–water partition coefficient (Wildman–Crippen LogP) is 3.29. The van der Waals surface area contributed by atoms with Crippen molar-refractivity contribution in [2.24, 2.45) is 0 Å². The lowest BCUT2D eigenvalue weighted by Crippen LogP contribution is -2.27. The lowest BCUT2D eigenvalue weighted by atomic mass is 9.88. The fraction of sp³-hybridized carbons (Fsp3) is 0.200. The molecule has 4 heteroatoms. The molecule has 0 radical (unpaired) electrons. The first-order valence-corrected chi connectivity index (χ1v) is 8.18. The lowest BCUT2D eigenvalue weighted by Gasteiger charge is -2.18. The zero-order valence-corrected chi connectivity index (χ0v) is 13.5. The van der Waals surface area contributed by atoms with Gasteiger partial charge in [0.1, 0.15) is 0 Å². The van der Waals surface area contributed by atoms with Crippen LogP contribution in [0, 0.1) is 0 Å². The van der Waals surface area contributed by atoms with E-state index in [9.17, 15) is 4.79 Å². The number of carbonyl (C=O) groups is 1. The second-order valence-corrected chi connectivity index (χ2v) is 5.76. The Balaban J connectivity index is 1.64. The molecule has 24 heavy (non-hydrogen) atoms. The van der Waals surface area contributed by atoms with Crippen molar-refractivity contribution in [3.8, 4) is 0 Å². The van der Waals surface area contributed by atoms with Crippen LogP contribution >= 0.6 is 0 Å². The molecule has 0 saturated carbocycles. The molecule has 0 spiro atoms. The van der Waals surface area contributed by atoms with Crippen LogP contribution in [-0.2, 0) is 11.2 Å². The molecule has 0 saturated heterocycles. The summed E-state index contributed by atoms with van der Waals surface area (Å²) in [6, 6.07) is 22.3. The molecule has 1 amide bonds. The van der Waals surface area contributed by atoms with Gasteiger partial charge in [0.05, 0.1) is 0 Å². The summed E-state index contributed by atoms with van der Waals surface area (Å²) >= 11 is 0. The zero-order valence-electron chi connectivity index (χ0n) is 13.5. The van der Waals surface area contributed by atoms with Crippen LogP contribution in [-0.4, -0.2) is 22.6 Å². The standard InChI is InChI=1S/C20H21N3O/c24-20(21-13-11-18-12-14-22-23-18)15-19(16-7-3-1-4-8-16)17-9-5-2-6-10-17/h1-10,12,14,19H,11,13,15H2,(H,21,24)(H,22,23). The maximum atomic E-state index is 12.4. The van der Waals surface area contributed by atoms with E-state index in [0.29, 0.717) is 13.0 Å². The Hall–Kier alpha value is -2.88. The van der Waals surface area contributed by atoms with Crippen LogP contribution in [0.3, 0.4) is 0 Å². The smallest absolute Gasteiger partial charge is 0.220 e. The monoisotopic (exact) mass is 319 g/mol. The second-order valence-electron chi connectivity index (χ2n) is 5.76. The van der Waals surface area contributed by atoms with E-state index in [1.54, 1.807) is 6.20 Å². The molecule has 122 valence electrons. The number of nitrogens with one attached hydrogen (secondary N) is 2. The van der Waals surface area contributed by atoms with E-state index in [2.05, 4.69) is 39.8 Å². The summed E-state index contributed by atoms with van der Waals surface area (Å²) in [5.41, 5.74) is 3.35. The molecule has 1 aromatic heterocycles. The second kappa shape index (κ2) is 8.11. The van der Waals surface area contributed by atoms with Crippen molar-refractivity contribution in [2.75, 3.05) is 6.54 Å². The highest BCUT2D eigenvalue weighted by molar-refractivity contribution is 5.77. The summed E-state index contributed by atoms with van der Waals surface area (Å²) in [7, 11) is 0. The summed E-state index contributed by atoms with van der Waals surface area (Å²) in [5.74, 6) is 0.131. The van der Waals surface area contributed by atoms with Gasteiger partial charge < -0.3 is 5.32 Å². The number of rotatable bonds is 7. The fourth-order valence-corrected chi connectivity index (χ4v) is 2.82. The summed E-state index contributed by atoms with van der Waals surface area (Å²) in [4.78, 5) is 12.4. The average Bonchev–Trinajstić information content (AvgIpc) is 3.15. The molecule has 3 rings (SSSR count). The van der Waals surface area contributed by atoms with Crippen molar-refractivity contribution in [1.82, 2.24) is 15.5 Å². The van der Waals surface area contributed by atoms with Crippen LogP contribution in [0.15, 0.2) is 72.9 Å². The molecule has 1 heterocycles. The maximum absolute atomic E-state index is 12.4. The van der Waals surface area contributed by atoms with Gasteiger partial charge in [-0.1, -0.05) is 60.7 Å². The maximum Gasteiger partial charge on any atom is 0.220 e. The van der Waals surface area contributed by atoms with E-state index in [1.807, 2.05) is 42.5 Å². The molecule has 4 nitrogen and oxygen atoms in total. The molecular formula is C20H21N3O. The summed E-state index contributed by atoms with van der Waals surface area (Å²) < 4.78 is 0. The highest BCUT2D eigenvalue weighted by Gasteiger charge is 2.17. The summed E-state index contributed by atoms with van der Waals surface area (Å²) in [5, 5.41) is 9.82. The quantitative estimate of drug-likeness (QED) is 0.702. The third-order valence-electron chi connectivity index (χ3n) is 4.07. The Morgan fingerprint density at radius 1 is 0.958 bits per heavy atom. The number of nitrogens with zero attached hydrogens (tertiary/aromatic N) is 1. The zero-order chi connectivity index (χ0) is 16.6. The Bertz CT molecular complexity index is 700. The first kappa shape index (κ1) is 16.0. The van der Waals surface area contributed by atoms with E-state index in [1.165, 1.54) is 0 Å². The Morgan fingerprint density at radius 2 is 1.58 bits per heavy atom. The minimum Gasteiger partial charge on any atom is -0.356 e. The van der Waals surface area contributed by atoms with Crippen LogP contribution < -0.4 is 5.32 Å². The molecule has 0 aliphatic carbocycles. The molecule has 2 aromatic carbocycles. The van der Waals surface area contributed by atoms with Crippen molar-refractivity contribution in [1.29, 1.82) is 0 Å². The third-order valence-corrected chi connectivity index (χ3v) is 4.07. The van der Waals surface area contributed by atoms with Crippen LogP contribution in [0.4, 0.5) is 0 Å². The molecular weight excluding hydrogens is 298 g/mol. The predicted molar refractivity (Wildman–Crippen MR) is 94.6 cm³/mol. The number of aromatic nitrogens is 2. The molecule has 3 aromatic rings. The van der Waals surface area contributed by atoms with Crippen LogP contribution in [0.5, 0.6) is 0 Å². The Morgan fingerprint density at radius 3 is 2.12 bits per heavy atom. The van der Waals surface area contributed by atoms with Gasteiger partial charge in [0.25, 0.3) is 0 Å². The van der Waals surface area contributed by atoms with E-state index < -0.39 is 0 Å². The van der Waals surface area contributed by atoms with Crippen molar-refractivity contribution in [3.05, 3.63) is 89.7 Å². The normalized spacial score (nSPS) is 10.7. The number of hydrogen-bond acceptors (Lipinski definition) is 2. The lowest BCUT2D eigenvalue weighted by molar-refractivity contribution is -0.121. The first-order valence-electron chi connectivity index (χ1n) is 8.18. The van der Waals surface area contributed by atoms with Gasteiger partial charge in [0.15, 0.2) is 0 Å². The van der Waals surface area contributed by atoms with Crippen molar-refractivity contribution in [2.45, 2.75) is 18.8 Å². The molecule has 0 aliphatic rings. The largest absolute Gasteiger partial charge is 0.356 e. The van der Waals surface area contributed by atoms with Crippen LogP contribution in [0.1, 0.15) is 29.2 Å². The van der Waals surface area contributed by atoms with Crippen LogP contribution in [0.25, 0.3) is 0 Å². The van der Waals surface area contributed by atoms with Gasteiger partial charge in [-0.05, 0) is 17.2 Å². The van der Waals surface area contributed by atoms with Crippen LogP contribution in [0.2, 0.25) is 0 Å². The Kier molecular flexibility index (Phi) is 5.40. The van der Waals surface area contributed by atoms with Gasteiger partial charge in [-0.25, -0.2) is 0 Å². The third kappa shape index (κ3) is 4.32. The number of aromatic amines is 1. The van der Waals surface area contributed by atoms with Gasteiger partial charge in [0.2, 0.25) is 5.91 Å². The van der Waals surface area contributed by atoms with Gasteiger partial charge >= 0.3 is 0 Å². The first-order chi connectivity index (χ1) is 11.8. The number of H-pyrrole nitrogens is 1. The molecule has 0 aliphatic heterocycles. The molecule has 0 unspecified atom stereocenters. The highest BCUT2D eigenvalue weighted by atomic mass is 16.1. The summed E-state index contributed by atoms with van der Waals surface area (Å²) in [6.07, 6.45) is 2.92. The molecule has 2 N–H and O–H groups in total.